The number of nitrogens with zero attached hydrogens (tertiary/aromatic N) is 1. The normalized spacial score (nSPS) is 20.8. The van der Waals surface area contributed by atoms with Gasteiger partial charge in [-0.05, 0) is 23.3 Å². The molecule has 38 heavy (non-hydrogen) atoms. The number of hydrogen-bond acceptors (Lipinski definition) is 5. The van der Waals surface area contributed by atoms with Crippen molar-refractivity contribution in [3.05, 3.63) is 135 Å². The maximum absolute atomic E-state index is 14.9. The number of nitrogens with one attached hydrogen (secondary N) is 1. The molecule has 1 atom stereocenters. The summed E-state index contributed by atoms with van der Waals surface area (Å²) in [7, 11) is 0. The molecule has 4 aromatic rings. The highest BCUT2D eigenvalue weighted by molar-refractivity contribution is 6.36. The molecule has 4 aromatic carbocycles. The third kappa shape index (κ3) is 2.35. The summed E-state index contributed by atoms with van der Waals surface area (Å²) in [6, 6.07) is 26.4. The Labute approximate surface area is 219 Å². The summed E-state index contributed by atoms with van der Waals surface area (Å²) in [4.78, 5) is 45.9. The highest BCUT2D eigenvalue weighted by atomic mass is 16.1. The summed E-state index contributed by atoms with van der Waals surface area (Å²) >= 11 is 0. The minimum atomic E-state index is -1.54. The van der Waals surface area contributed by atoms with E-state index < -0.39 is 5.41 Å². The predicted octanol–water partition coefficient (Wildman–Crippen LogP) is 5.20. The highest BCUT2D eigenvalue weighted by Gasteiger charge is 2.63. The number of aryl methyl sites for hydroxylation is 1. The van der Waals surface area contributed by atoms with Gasteiger partial charge in [-0.3, -0.25) is 14.4 Å². The van der Waals surface area contributed by atoms with Crippen LogP contribution >= 0.6 is 0 Å². The average Bonchev–Trinajstić information content (AvgIpc) is 3.60. The number of carbonyl (C=O) groups excluding carboxylic acids is 3. The van der Waals surface area contributed by atoms with Crippen LogP contribution in [0, 0.1) is 6.92 Å². The smallest absolute Gasteiger partial charge is 0.194 e. The third-order valence-electron chi connectivity index (χ3n) is 8.48. The van der Waals surface area contributed by atoms with Gasteiger partial charge in [-0.15, -0.1) is 0 Å². The van der Waals surface area contributed by atoms with Gasteiger partial charge in [0, 0.05) is 40.9 Å². The number of rotatable bonds is 2. The van der Waals surface area contributed by atoms with E-state index in [9.17, 15) is 14.4 Å². The average molecular weight is 495 g/mol. The molecule has 0 amide bonds. The van der Waals surface area contributed by atoms with Crippen molar-refractivity contribution < 1.29 is 14.4 Å². The van der Waals surface area contributed by atoms with Crippen LogP contribution in [0.15, 0.2) is 102 Å². The minimum Gasteiger partial charge on any atom is -0.369 e. The van der Waals surface area contributed by atoms with E-state index in [2.05, 4.69) is 5.32 Å². The van der Waals surface area contributed by atoms with E-state index in [0.29, 0.717) is 52.3 Å². The molecule has 1 saturated heterocycles. The number of benzene rings is 4. The van der Waals surface area contributed by atoms with E-state index in [-0.39, 0.29) is 17.3 Å². The van der Waals surface area contributed by atoms with Gasteiger partial charge in [0.2, 0.25) is 0 Å². The Balaban J connectivity index is 1.53. The third-order valence-corrected chi connectivity index (χ3v) is 8.48. The molecular formula is C33H22N2O3. The molecule has 2 aliphatic heterocycles. The van der Waals surface area contributed by atoms with Crippen LogP contribution in [0.25, 0.3) is 16.5 Å². The first-order chi connectivity index (χ1) is 18.5. The van der Waals surface area contributed by atoms with Gasteiger partial charge in [0.1, 0.15) is 11.2 Å². The van der Waals surface area contributed by atoms with Crippen LogP contribution in [0.4, 0.5) is 0 Å². The molecule has 8 rings (SSSR count). The fourth-order valence-electron chi connectivity index (χ4n) is 6.93. The number of fused-ring (bicyclic) bond motifs is 6. The summed E-state index contributed by atoms with van der Waals surface area (Å²) in [6.07, 6.45) is 0. The summed E-state index contributed by atoms with van der Waals surface area (Å²) in [5.41, 5.74) is 4.11. The maximum atomic E-state index is 14.9. The first-order valence-electron chi connectivity index (χ1n) is 12.9. The van der Waals surface area contributed by atoms with Crippen molar-refractivity contribution in [1.82, 2.24) is 10.2 Å². The quantitative estimate of drug-likeness (QED) is 0.388. The Hall–Kier alpha value is -4.77. The molecule has 0 saturated carbocycles. The largest absolute Gasteiger partial charge is 0.369 e. The molecule has 2 heterocycles. The van der Waals surface area contributed by atoms with Crippen LogP contribution in [0.2, 0.25) is 0 Å². The van der Waals surface area contributed by atoms with Crippen LogP contribution in [0.5, 0.6) is 0 Å². The Morgan fingerprint density at radius 2 is 1.55 bits per heavy atom. The van der Waals surface area contributed by atoms with E-state index in [0.717, 1.165) is 27.6 Å². The summed E-state index contributed by atoms with van der Waals surface area (Å²) < 4.78 is 0. The molecule has 5 heteroatoms. The summed E-state index contributed by atoms with van der Waals surface area (Å²) in [6.45, 7) is 3.18. The molecule has 4 aliphatic rings. The van der Waals surface area contributed by atoms with Gasteiger partial charge in [-0.25, -0.2) is 0 Å². The number of hydrogen-bond donors (Lipinski definition) is 1. The van der Waals surface area contributed by atoms with Gasteiger partial charge in [0.25, 0.3) is 0 Å². The second-order valence-electron chi connectivity index (χ2n) is 10.4. The van der Waals surface area contributed by atoms with E-state index in [1.165, 1.54) is 0 Å². The molecule has 1 unspecified atom stereocenters. The molecule has 1 fully saturated rings. The lowest BCUT2D eigenvalue weighted by atomic mass is 9.63. The SMILES string of the molecule is Cc1ccc(C(=O)C2=C3NCCN3C3=C(C(=O)c4ccccc43)C23C(=O)c2cccc4cccc3c24)cc1. The Bertz CT molecular complexity index is 1860. The van der Waals surface area contributed by atoms with Crippen LogP contribution < -0.4 is 5.32 Å². The highest BCUT2D eigenvalue weighted by Crippen LogP contribution is 2.60. The standard InChI is InChI=1S/C33H22N2O3/c1-18-12-14-20(15-13-18)29(36)27-32-34-16-17-35(32)28-21-8-2-3-9-22(21)30(37)26(28)33(27)24-11-5-7-19-6-4-10-23(25(19)24)31(33)38/h2-15,34H,16-17H2,1H3. The van der Waals surface area contributed by atoms with Crippen molar-refractivity contribution in [2.24, 2.45) is 0 Å². The van der Waals surface area contributed by atoms with Gasteiger partial charge in [0.05, 0.1) is 11.3 Å². The molecule has 0 radical (unpaired) electrons. The number of carbonyl (C=O) groups is 3. The summed E-state index contributed by atoms with van der Waals surface area (Å²) in [5, 5.41) is 5.18. The van der Waals surface area contributed by atoms with Crippen molar-refractivity contribution >= 4 is 33.8 Å². The Kier molecular flexibility index (Phi) is 4.02. The lowest BCUT2D eigenvalue weighted by Gasteiger charge is -2.40. The fourth-order valence-corrected chi connectivity index (χ4v) is 6.93. The number of ketones is 3. The van der Waals surface area contributed by atoms with E-state index in [1.54, 1.807) is 12.1 Å². The van der Waals surface area contributed by atoms with Crippen LogP contribution in [-0.2, 0) is 5.41 Å². The van der Waals surface area contributed by atoms with Gasteiger partial charge in [-0.2, -0.15) is 0 Å². The van der Waals surface area contributed by atoms with Gasteiger partial charge < -0.3 is 10.2 Å². The molecular weight excluding hydrogens is 472 g/mol. The zero-order chi connectivity index (χ0) is 25.8. The lowest BCUT2D eigenvalue weighted by molar-refractivity contribution is 0.0877. The Morgan fingerprint density at radius 1 is 0.842 bits per heavy atom. The van der Waals surface area contributed by atoms with E-state index >= 15 is 0 Å². The zero-order valence-electron chi connectivity index (χ0n) is 20.7. The van der Waals surface area contributed by atoms with Gasteiger partial charge >= 0.3 is 0 Å². The van der Waals surface area contributed by atoms with Crippen molar-refractivity contribution in [3.8, 4) is 0 Å². The second kappa shape index (κ2) is 7.17. The first kappa shape index (κ1) is 21.3. The summed E-state index contributed by atoms with van der Waals surface area (Å²) in [5.74, 6) is -0.0203. The molecule has 5 nitrogen and oxygen atoms in total. The lowest BCUT2D eigenvalue weighted by Crippen LogP contribution is -2.47. The predicted molar refractivity (Wildman–Crippen MR) is 145 cm³/mol. The number of allylic oxidation sites excluding steroid dienone is 2. The van der Waals surface area contributed by atoms with E-state index in [4.69, 9.17) is 0 Å². The molecule has 1 spiro atoms. The first-order valence-corrected chi connectivity index (χ1v) is 12.9. The maximum Gasteiger partial charge on any atom is 0.194 e. The molecule has 0 aromatic heterocycles. The topological polar surface area (TPSA) is 66.5 Å². The van der Waals surface area contributed by atoms with Crippen molar-refractivity contribution in [2.75, 3.05) is 13.1 Å². The fraction of sp³-hybridized carbons (Fsp3) is 0.121. The van der Waals surface area contributed by atoms with Crippen LogP contribution in [0.3, 0.4) is 0 Å². The van der Waals surface area contributed by atoms with Crippen LogP contribution in [-0.4, -0.2) is 35.3 Å². The second-order valence-corrected chi connectivity index (χ2v) is 10.4. The molecule has 0 bridgehead atoms. The monoisotopic (exact) mass is 494 g/mol. The Morgan fingerprint density at radius 3 is 2.34 bits per heavy atom. The zero-order valence-corrected chi connectivity index (χ0v) is 20.7. The molecule has 2 aliphatic carbocycles. The van der Waals surface area contributed by atoms with Crippen molar-refractivity contribution in [1.29, 1.82) is 0 Å². The van der Waals surface area contributed by atoms with Crippen LogP contribution in [0.1, 0.15) is 47.8 Å². The van der Waals surface area contributed by atoms with E-state index in [1.807, 2.05) is 84.6 Å². The van der Waals surface area contributed by atoms with Crippen molar-refractivity contribution in [3.63, 3.8) is 0 Å². The molecule has 1 N–H and O–H groups in total. The van der Waals surface area contributed by atoms with Gasteiger partial charge in [-0.1, -0.05) is 90.5 Å². The molecule has 182 valence electrons. The number of Topliss-reactive ketones (excluding diaryl/α,β-unsaturated/α-hetero) is 3. The van der Waals surface area contributed by atoms with Crippen molar-refractivity contribution in [2.45, 2.75) is 12.3 Å². The minimum absolute atomic E-state index is 0.186. The van der Waals surface area contributed by atoms with Gasteiger partial charge in [0.15, 0.2) is 17.3 Å².